The minimum atomic E-state index is -4.37. The van der Waals surface area contributed by atoms with Crippen molar-refractivity contribution in [1.29, 1.82) is 0 Å². The van der Waals surface area contributed by atoms with Crippen molar-refractivity contribution in [2.75, 3.05) is 6.54 Å². The van der Waals surface area contributed by atoms with Crippen LogP contribution in [0.2, 0.25) is 0 Å². The van der Waals surface area contributed by atoms with Crippen LogP contribution in [0.15, 0.2) is 24.3 Å². The zero-order valence-electron chi connectivity index (χ0n) is 11.9. The van der Waals surface area contributed by atoms with Crippen molar-refractivity contribution >= 4 is 12.0 Å². The molecule has 122 valence electrons. The van der Waals surface area contributed by atoms with Gasteiger partial charge in [0, 0.05) is 12.6 Å². The first-order chi connectivity index (χ1) is 10.2. The van der Waals surface area contributed by atoms with E-state index in [1.165, 1.54) is 12.1 Å². The summed E-state index contributed by atoms with van der Waals surface area (Å²) in [6.45, 7) is 1.71. The molecule has 1 aromatic carbocycles. The lowest BCUT2D eigenvalue weighted by Crippen LogP contribution is -2.42. The Balaban J connectivity index is 2.43. The number of hydrogen-bond donors (Lipinski definition) is 3. The van der Waals surface area contributed by atoms with Crippen molar-refractivity contribution in [3.8, 4) is 0 Å². The molecule has 5 nitrogen and oxygen atoms in total. The topological polar surface area (TPSA) is 78.4 Å². The van der Waals surface area contributed by atoms with Crippen LogP contribution in [-0.4, -0.2) is 29.7 Å². The third kappa shape index (κ3) is 6.47. The number of rotatable bonds is 6. The first-order valence-corrected chi connectivity index (χ1v) is 6.61. The van der Waals surface area contributed by atoms with Gasteiger partial charge in [0.25, 0.3) is 0 Å². The second kappa shape index (κ2) is 7.67. The number of halogens is 3. The Kier molecular flexibility index (Phi) is 6.21. The zero-order chi connectivity index (χ0) is 16.8. The van der Waals surface area contributed by atoms with Gasteiger partial charge in [0.2, 0.25) is 0 Å². The van der Waals surface area contributed by atoms with Gasteiger partial charge in [-0.15, -0.1) is 0 Å². The van der Waals surface area contributed by atoms with Crippen molar-refractivity contribution in [3.63, 3.8) is 0 Å². The normalized spacial score (nSPS) is 12.5. The second-order valence-corrected chi connectivity index (χ2v) is 4.84. The quantitative estimate of drug-likeness (QED) is 0.754. The summed E-state index contributed by atoms with van der Waals surface area (Å²) < 4.78 is 37.3. The SMILES string of the molecule is CC(Cc1ccc(C(F)(F)F)cc1)NC(=O)NCCC(=O)O. The molecule has 1 unspecified atom stereocenters. The molecule has 0 saturated carbocycles. The molecular weight excluding hydrogens is 301 g/mol. The van der Waals surface area contributed by atoms with Crippen LogP contribution in [0.1, 0.15) is 24.5 Å². The molecule has 1 atom stereocenters. The molecule has 0 fully saturated rings. The first kappa shape index (κ1) is 17.8. The highest BCUT2D eigenvalue weighted by molar-refractivity contribution is 5.75. The van der Waals surface area contributed by atoms with Gasteiger partial charge in [-0.3, -0.25) is 4.79 Å². The number of carboxylic acids is 1. The summed E-state index contributed by atoms with van der Waals surface area (Å²) in [4.78, 5) is 21.7. The standard InChI is InChI=1S/C14H17F3N2O3/c1-9(19-13(22)18-7-6-12(20)21)8-10-2-4-11(5-3-10)14(15,16)17/h2-5,9H,6-8H2,1H3,(H,20,21)(H2,18,19,22). The van der Waals surface area contributed by atoms with E-state index in [9.17, 15) is 22.8 Å². The molecule has 1 aromatic rings. The lowest BCUT2D eigenvalue weighted by atomic mass is 10.1. The number of nitrogens with one attached hydrogen (secondary N) is 2. The average molecular weight is 318 g/mol. The van der Waals surface area contributed by atoms with E-state index in [2.05, 4.69) is 10.6 Å². The third-order valence-corrected chi connectivity index (χ3v) is 2.83. The van der Waals surface area contributed by atoms with Crippen LogP contribution in [0, 0.1) is 0 Å². The Morgan fingerprint density at radius 3 is 2.32 bits per heavy atom. The average Bonchev–Trinajstić information content (AvgIpc) is 2.37. The molecule has 0 spiro atoms. The summed E-state index contributed by atoms with van der Waals surface area (Å²) in [5.74, 6) is -1.02. The summed E-state index contributed by atoms with van der Waals surface area (Å²) in [6, 6.07) is 3.90. The van der Waals surface area contributed by atoms with Crippen LogP contribution in [0.3, 0.4) is 0 Å². The molecule has 0 aliphatic rings. The van der Waals surface area contributed by atoms with E-state index < -0.39 is 23.7 Å². The van der Waals surface area contributed by atoms with Crippen LogP contribution in [0.5, 0.6) is 0 Å². The van der Waals surface area contributed by atoms with Crippen molar-refractivity contribution in [1.82, 2.24) is 10.6 Å². The van der Waals surface area contributed by atoms with Crippen molar-refractivity contribution < 1.29 is 27.9 Å². The van der Waals surface area contributed by atoms with Gasteiger partial charge in [-0.25, -0.2) is 4.79 Å². The Hall–Kier alpha value is -2.25. The van der Waals surface area contributed by atoms with E-state index >= 15 is 0 Å². The Bertz CT molecular complexity index is 515. The summed E-state index contributed by atoms with van der Waals surface area (Å²) in [5.41, 5.74) is -0.0605. The predicted molar refractivity (Wildman–Crippen MR) is 73.4 cm³/mol. The maximum absolute atomic E-state index is 12.4. The third-order valence-electron chi connectivity index (χ3n) is 2.83. The highest BCUT2D eigenvalue weighted by Gasteiger charge is 2.29. The molecule has 0 saturated heterocycles. The van der Waals surface area contributed by atoms with Gasteiger partial charge in [-0.05, 0) is 31.0 Å². The minimum Gasteiger partial charge on any atom is -0.481 e. The molecular formula is C14H17F3N2O3. The zero-order valence-corrected chi connectivity index (χ0v) is 11.9. The fourth-order valence-corrected chi connectivity index (χ4v) is 1.79. The smallest absolute Gasteiger partial charge is 0.416 e. The van der Waals surface area contributed by atoms with E-state index in [0.717, 1.165) is 12.1 Å². The van der Waals surface area contributed by atoms with Crippen molar-refractivity contribution in [3.05, 3.63) is 35.4 Å². The molecule has 3 N–H and O–H groups in total. The molecule has 0 heterocycles. The number of amides is 2. The van der Waals surface area contributed by atoms with Gasteiger partial charge < -0.3 is 15.7 Å². The highest BCUT2D eigenvalue weighted by Crippen LogP contribution is 2.29. The number of urea groups is 1. The number of hydrogen-bond acceptors (Lipinski definition) is 2. The number of carboxylic acid groups (broad SMARTS) is 1. The fraction of sp³-hybridized carbons (Fsp3) is 0.429. The maximum Gasteiger partial charge on any atom is 0.416 e. The van der Waals surface area contributed by atoms with Crippen LogP contribution in [-0.2, 0) is 17.4 Å². The number of carbonyl (C=O) groups is 2. The van der Waals surface area contributed by atoms with Gasteiger partial charge in [-0.1, -0.05) is 12.1 Å². The number of aliphatic carboxylic acids is 1. The van der Waals surface area contributed by atoms with Gasteiger partial charge in [0.1, 0.15) is 0 Å². The summed E-state index contributed by atoms with van der Waals surface area (Å²) in [6.07, 6.45) is -4.18. The number of benzene rings is 1. The first-order valence-electron chi connectivity index (χ1n) is 6.61. The monoisotopic (exact) mass is 318 g/mol. The lowest BCUT2D eigenvalue weighted by Gasteiger charge is -2.15. The maximum atomic E-state index is 12.4. The lowest BCUT2D eigenvalue weighted by molar-refractivity contribution is -0.138. The molecule has 1 rings (SSSR count). The summed E-state index contributed by atoms with van der Waals surface area (Å²) >= 11 is 0. The Labute approximate surface area is 125 Å². The highest BCUT2D eigenvalue weighted by atomic mass is 19.4. The van der Waals surface area contributed by atoms with Gasteiger partial charge in [0.05, 0.1) is 12.0 Å². The van der Waals surface area contributed by atoms with E-state index in [4.69, 9.17) is 5.11 Å². The molecule has 22 heavy (non-hydrogen) atoms. The van der Waals surface area contributed by atoms with Crippen LogP contribution >= 0.6 is 0 Å². The van der Waals surface area contributed by atoms with E-state index in [1.54, 1.807) is 6.92 Å². The Morgan fingerprint density at radius 1 is 1.23 bits per heavy atom. The van der Waals surface area contributed by atoms with Crippen LogP contribution in [0.4, 0.5) is 18.0 Å². The summed E-state index contributed by atoms with van der Waals surface area (Å²) in [5, 5.41) is 13.4. The second-order valence-electron chi connectivity index (χ2n) is 4.84. The largest absolute Gasteiger partial charge is 0.481 e. The fourth-order valence-electron chi connectivity index (χ4n) is 1.79. The van der Waals surface area contributed by atoms with Gasteiger partial charge >= 0.3 is 18.2 Å². The Morgan fingerprint density at radius 2 is 1.82 bits per heavy atom. The summed E-state index contributed by atoms with van der Waals surface area (Å²) in [7, 11) is 0. The van der Waals surface area contributed by atoms with Crippen LogP contribution < -0.4 is 10.6 Å². The molecule has 0 bridgehead atoms. The molecule has 0 aliphatic heterocycles. The molecule has 2 amide bonds. The van der Waals surface area contributed by atoms with Crippen molar-refractivity contribution in [2.24, 2.45) is 0 Å². The molecule has 8 heteroatoms. The van der Waals surface area contributed by atoms with Gasteiger partial charge in [0.15, 0.2) is 0 Å². The van der Waals surface area contributed by atoms with E-state index in [0.29, 0.717) is 12.0 Å². The predicted octanol–water partition coefficient (Wildman–Crippen LogP) is 2.41. The molecule has 0 aliphatic carbocycles. The van der Waals surface area contributed by atoms with Crippen LogP contribution in [0.25, 0.3) is 0 Å². The minimum absolute atomic E-state index is 0.00810. The number of alkyl halides is 3. The van der Waals surface area contributed by atoms with Gasteiger partial charge in [-0.2, -0.15) is 13.2 Å². The van der Waals surface area contributed by atoms with Crippen molar-refractivity contribution in [2.45, 2.75) is 32.0 Å². The molecule has 0 radical (unpaired) electrons. The van der Waals surface area contributed by atoms with E-state index in [1.807, 2.05) is 0 Å². The van der Waals surface area contributed by atoms with E-state index in [-0.39, 0.29) is 19.0 Å². The number of carbonyl (C=O) groups excluding carboxylic acids is 1. The molecule has 0 aromatic heterocycles.